The summed E-state index contributed by atoms with van der Waals surface area (Å²) in [5.41, 5.74) is 6.47. The SMILES string of the molecule is CC(C)CCN1CCN(c2cc(Cl)cc(-c3ccccc3CN(CCC(C)C)Cc3ccccc3)c2)CC1. The van der Waals surface area contributed by atoms with Gasteiger partial charge in [0.05, 0.1) is 0 Å². The van der Waals surface area contributed by atoms with Crippen molar-refractivity contribution in [3.8, 4) is 11.1 Å². The van der Waals surface area contributed by atoms with E-state index >= 15 is 0 Å². The molecule has 4 heteroatoms. The molecule has 204 valence electrons. The van der Waals surface area contributed by atoms with Gasteiger partial charge in [-0.15, -0.1) is 0 Å². The standard InChI is InChI=1S/C34H46ClN3/c1-27(2)14-16-36-18-20-38(21-19-36)33-23-31(22-32(35)24-33)34-13-9-8-12-30(34)26-37(17-15-28(3)4)25-29-10-6-5-7-11-29/h5-13,22-24,27-28H,14-21,25-26H2,1-4H3. The zero-order chi connectivity index (χ0) is 26.9. The van der Waals surface area contributed by atoms with Crippen LogP contribution in [0.4, 0.5) is 5.69 Å². The van der Waals surface area contributed by atoms with E-state index in [-0.39, 0.29) is 0 Å². The second-order valence-electron chi connectivity index (χ2n) is 11.7. The van der Waals surface area contributed by atoms with E-state index in [2.05, 4.69) is 115 Å². The lowest BCUT2D eigenvalue weighted by Crippen LogP contribution is -2.46. The maximum Gasteiger partial charge on any atom is 0.0432 e. The van der Waals surface area contributed by atoms with Crippen molar-refractivity contribution >= 4 is 17.3 Å². The average Bonchev–Trinajstić information content (AvgIpc) is 2.91. The molecule has 3 nitrogen and oxygen atoms in total. The van der Waals surface area contributed by atoms with Crippen LogP contribution in [0.1, 0.15) is 51.7 Å². The van der Waals surface area contributed by atoms with E-state index in [1.54, 1.807) is 0 Å². The molecule has 0 aliphatic carbocycles. The summed E-state index contributed by atoms with van der Waals surface area (Å²) >= 11 is 6.73. The van der Waals surface area contributed by atoms with Crippen LogP contribution in [-0.2, 0) is 13.1 Å². The minimum atomic E-state index is 0.685. The molecule has 0 N–H and O–H groups in total. The van der Waals surface area contributed by atoms with Gasteiger partial charge < -0.3 is 4.90 Å². The lowest BCUT2D eigenvalue weighted by Gasteiger charge is -2.36. The molecule has 3 aromatic rings. The molecule has 1 heterocycles. The third-order valence-corrected chi connectivity index (χ3v) is 7.85. The predicted octanol–water partition coefficient (Wildman–Crippen LogP) is 8.22. The first-order valence-electron chi connectivity index (χ1n) is 14.5. The third-order valence-electron chi connectivity index (χ3n) is 7.64. The second-order valence-corrected chi connectivity index (χ2v) is 12.2. The monoisotopic (exact) mass is 531 g/mol. The Morgan fingerprint density at radius 3 is 2.16 bits per heavy atom. The largest absolute Gasteiger partial charge is 0.369 e. The van der Waals surface area contributed by atoms with Gasteiger partial charge in [0.1, 0.15) is 0 Å². The Balaban J connectivity index is 1.52. The molecule has 0 saturated carbocycles. The molecule has 0 amide bonds. The van der Waals surface area contributed by atoms with E-state index in [1.165, 1.54) is 47.3 Å². The second kappa shape index (κ2) is 14.2. The fourth-order valence-electron chi connectivity index (χ4n) is 5.26. The van der Waals surface area contributed by atoms with Crippen LogP contribution in [0.5, 0.6) is 0 Å². The number of halogens is 1. The van der Waals surface area contributed by atoms with E-state index in [9.17, 15) is 0 Å². The molecule has 1 fully saturated rings. The lowest BCUT2D eigenvalue weighted by molar-refractivity contribution is 0.241. The minimum absolute atomic E-state index is 0.685. The first kappa shape index (κ1) is 28.7. The molecule has 0 atom stereocenters. The van der Waals surface area contributed by atoms with E-state index in [0.29, 0.717) is 5.92 Å². The summed E-state index contributed by atoms with van der Waals surface area (Å²) in [6, 6.07) is 26.4. The highest BCUT2D eigenvalue weighted by atomic mass is 35.5. The molecule has 1 saturated heterocycles. The van der Waals surface area contributed by atoms with Crippen molar-refractivity contribution < 1.29 is 0 Å². The Hall–Kier alpha value is -2.33. The van der Waals surface area contributed by atoms with E-state index in [1.807, 2.05) is 0 Å². The average molecular weight is 532 g/mol. The highest BCUT2D eigenvalue weighted by Gasteiger charge is 2.19. The summed E-state index contributed by atoms with van der Waals surface area (Å²) < 4.78 is 0. The molecule has 0 radical (unpaired) electrons. The molecule has 0 unspecified atom stereocenters. The summed E-state index contributed by atoms with van der Waals surface area (Å²) in [5, 5.41) is 0.815. The lowest BCUT2D eigenvalue weighted by atomic mass is 9.98. The first-order chi connectivity index (χ1) is 18.4. The van der Waals surface area contributed by atoms with Gasteiger partial charge >= 0.3 is 0 Å². The number of hydrogen-bond donors (Lipinski definition) is 0. The van der Waals surface area contributed by atoms with Crippen LogP contribution < -0.4 is 4.90 Å². The molecule has 4 rings (SSSR count). The zero-order valence-electron chi connectivity index (χ0n) is 23.9. The van der Waals surface area contributed by atoms with Crippen LogP contribution in [-0.4, -0.2) is 49.1 Å². The van der Waals surface area contributed by atoms with Gasteiger partial charge in [0.25, 0.3) is 0 Å². The van der Waals surface area contributed by atoms with E-state index in [0.717, 1.165) is 56.8 Å². The first-order valence-corrected chi connectivity index (χ1v) is 14.9. The summed E-state index contributed by atoms with van der Waals surface area (Å²) in [7, 11) is 0. The van der Waals surface area contributed by atoms with Crippen LogP contribution in [0.3, 0.4) is 0 Å². The van der Waals surface area contributed by atoms with Crippen LogP contribution in [0, 0.1) is 11.8 Å². The maximum atomic E-state index is 6.73. The Labute approximate surface area is 236 Å². The van der Waals surface area contributed by atoms with E-state index < -0.39 is 0 Å². The Bertz CT molecular complexity index is 1120. The number of nitrogens with zero attached hydrogens (tertiary/aromatic N) is 3. The van der Waals surface area contributed by atoms with Gasteiger partial charge in [-0.1, -0.05) is 93.9 Å². The van der Waals surface area contributed by atoms with Gasteiger partial charge in [-0.25, -0.2) is 0 Å². The molecular formula is C34H46ClN3. The van der Waals surface area contributed by atoms with Crippen molar-refractivity contribution in [2.45, 2.75) is 53.6 Å². The molecule has 38 heavy (non-hydrogen) atoms. The van der Waals surface area contributed by atoms with Gasteiger partial charge in [-0.05, 0) is 78.2 Å². The molecule has 1 aliphatic rings. The van der Waals surface area contributed by atoms with Crippen LogP contribution in [0.2, 0.25) is 5.02 Å². The Morgan fingerprint density at radius 2 is 1.45 bits per heavy atom. The smallest absolute Gasteiger partial charge is 0.0432 e. The number of benzene rings is 3. The number of piperazine rings is 1. The molecular weight excluding hydrogens is 486 g/mol. The van der Waals surface area contributed by atoms with Crippen molar-refractivity contribution in [2.75, 3.05) is 44.2 Å². The maximum absolute atomic E-state index is 6.73. The third kappa shape index (κ3) is 8.59. The van der Waals surface area contributed by atoms with Gasteiger partial charge in [0.2, 0.25) is 0 Å². The fraction of sp³-hybridized carbons (Fsp3) is 0.471. The molecule has 1 aliphatic heterocycles. The van der Waals surface area contributed by atoms with Crippen molar-refractivity contribution in [3.05, 3.63) is 88.9 Å². The number of hydrogen-bond acceptors (Lipinski definition) is 3. The van der Waals surface area contributed by atoms with E-state index in [4.69, 9.17) is 11.6 Å². The van der Waals surface area contributed by atoms with Crippen molar-refractivity contribution in [3.63, 3.8) is 0 Å². The van der Waals surface area contributed by atoms with Crippen molar-refractivity contribution in [2.24, 2.45) is 11.8 Å². The summed E-state index contributed by atoms with van der Waals surface area (Å²) in [4.78, 5) is 7.71. The van der Waals surface area contributed by atoms with Crippen molar-refractivity contribution in [1.82, 2.24) is 9.80 Å². The zero-order valence-corrected chi connectivity index (χ0v) is 24.6. The minimum Gasteiger partial charge on any atom is -0.369 e. The normalized spacial score (nSPS) is 14.7. The number of rotatable bonds is 12. The van der Waals surface area contributed by atoms with Gasteiger partial charge in [0.15, 0.2) is 0 Å². The fourth-order valence-corrected chi connectivity index (χ4v) is 5.49. The summed E-state index contributed by atoms with van der Waals surface area (Å²) in [6.07, 6.45) is 2.47. The predicted molar refractivity (Wildman–Crippen MR) is 165 cm³/mol. The van der Waals surface area contributed by atoms with Crippen LogP contribution in [0.25, 0.3) is 11.1 Å². The number of anilines is 1. The Kier molecular flexibility index (Phi) is 10.7. The van der Waals surface area contributed by atoms with Gasteiger partial charge in [-0.2, -0.15) is 0 Å². The summed E-state index contributed by atoms with van der Waals surface area (Å²) in [5.74, 6) is 1.45. The Morgan fingerprint density at radius 1 is 0.763 bits per heavy atom. The van der Waals surface area contributed by atoms with Crippen molar-refractivity contribution in [1.29, 1.82) is 0 Å². The van der Waals surface area contributed by atoms with Gasteiger partial charge in [0, 0.05) is 50.0 Å². The topological polar surface area (TPSA) is 9.72 Å². The molecule has 0 aromatic heterocycles. The molecule has 0 spiro atoms. The highest BCUT2D eigenvalue weighted by Crippen LogP contribution is 2.32. The van der Waals surface area contributed by atoms with Crippen LogP contribution >= 0.6 is 11.6 Å². The van der Waals surface area contributed by atoms with Gasteiger partial charge in [-0.3, -0.25) is 9.80 Å². The molecule has 3 aromatic carbocycles. The highest BCUT2D eigenvalue weighted by molar-refractivity contribution is 6.31. The quantitative estimate of drug-likeness (QED) is 0.233. The summed E-state index contributed by atoms with van der Waals surface area (Å²) in [6.45, 7) is 17.8. The molecule has 0 bridgehead atoms. The van der Waals surface area contributed by atoms with Crippen LogP contribution in [0.15, 0.2) is 72.8 Å².